The highest BCUT2D eigenvalue weighted by molar-refractivity contribution is 5.97. The summed E-state index contributed by atoms with van der Waals surface area (Å²) < 4.78 is 9.96. The molecule has 0 aliphatic rings. The summed E-state index contributed by atoms with van der Waals surface area (Å²) in [4.78, 5) is 11.6. The van der Waals surface area contributed by atoms with Crippen molar-refractivity contribution in [2.45, 2.75) is 6.92 Å². The lowest BCUT2D eigenvalue weighted by Gasteiger charge is -2.05. The summed E-state index contributed by atoms with van der Waals surface area (Å²) in [5.74, 6) is 0.0979. The van der Waals surface area contributed by atoms with Crippen LogP contribution in [0.25, 0.3) is 6.08 Å². The molecule has 0 saturated heterocycles. The monoisotopic (exact) mass is 257 g/mol. The van der Waals surface area contributed by atoms with Crippen LogP contribution in [0.15, 0.2) is 36.4 Å². The Hall–Kier alpha value is -2.54. The number of benzene rings is 1. The first-order valence-electron chi connectivity index (χ1n) is 5.66. The van der Waals surface area contributed by atoms with Crippen molar-refractivity contribution in [1.82, 2.24) is 0 Å². The Kier molecular flexibility index (Phi) is 5.36. The fraction of sp³-hybridized carbons (Fsp3) is 0.200. The third kappa shape index (κ3) is 4.00. The highest BCUT2D eigenvalue weighted by Crippen LogP contribution is 2.20. The molecular formula is C15H15NO3. The summed E-state index contributed by atoms with van der Waals surface area (Å²) in [6.07, 6.45) is 2.93. The van der Waals surface area contributed by atoms with Gasteiger partial charge in [0.2, 0.25) is 0 Å². The molecule has 0 spiro atoms. The minimum absolute atomic E-state index is 0.0496. The lowest BCUT2D eigenvalue weighted by molar-refractivity contribution is -0.137. The number of hydrogen-bond acceptors (Lipinski definition) is 4. The van der Waals surface area contributed by atoms with E-state index in [-0.39, 0.29) is 12.2 Å². The Bertz CT molecular complexity index is 553. The number of hydrogen-bond donors (Lipinski definition) is 0. The summed E-state index contributed by atoms with van der Waals surface area (Å²) in [5.41, 5.74) is 1.62. The van der Waals surface area contributed by atoms with E-state index in [4.69, 9.17) is 14.7 Å². The van der Waals surface area contributed by atoms with Gasteiger partial charge in [0, 0.05) is 0 Å². The van der Waals surface area contributed by atoms with E-state index in [0.717, 1.165) is 16.9 Å². The number of aryl methyl sites for hydroxylation is 1. The fourth-order valence-corrected chi connectivity index (χ4v) is 1.51. The van der Waals surface area contributed by atoms with Crippen LogP contribution in [0.5, 0.6) is 5.75 Å². The summed E-state index contributed by atoms with van der Waals surface area (Å²) in [5, 5.41) is 8.96. The molecule has 0 saturated carbocycles. The molecule has 0 unspecified atom stereocenters. The zero-order valence-corrected chi connectivity index (χ0v) is 11.0. The predicted molar refractivity (Wildman–Crippen MR) is 72.5 cm³/mol. The molecule has 0 atom stereocenters. The minimum atomic E-state index is -0.657. The van der Waals surface area contributed by atoms with Gasteiger partial charge in [-0.2, -0.15) is 5.26 Å². The first-order valence-corrected chi connectivity index (χ1v) is 5.66. The largest absolute Gasteiger partial charge is 0.496 e. The zero-order chi connectivity index (χ0) is 14.3. The molecule has 1 aromatic rings. The maximum Gasteiger partial charge on any atom is 0.349 e. The van der Waals surface area contributed by atoms with Gasteiger partial charge in [-0.25, -0.2) is 4.79 Å². The van der Waals surface area contributed by atoms with Crippen molar-refractivity contribution in [3.8, 4) is 11.8 Å². The van der Waals surface area contributed by atoms with Crippen molar-refractivity contribution in [2.24, 2.45) is 0 Å². The lowest BCUT2D eigenvalue weighted by Crippen LogP contribution is -2.06. The van der Waals surface area contributed by atoms with Crippen molar-refractivity contribution in [2.75, 3.05) is 13.7 Å². The van der Waals surface area contributed by atoms with E-state index in [1.54, 1.807) is 19.2 Å². The topological polar surface area (TPSA) is 59.3 Å². The van der Waals surface area contributed by atoms with Crippen molar-refractivity contribution in [1.29, 1.82) is 5.26 Å². The third-order valence-corrected chi connectivity index (χ3v) is 2.40. The van der Waals surface area contributed by atoms with Crippen LogP contribution in [0.4, 0.5) is 0 Å². The normalized spacial score (nSPS) is 10.5. The van der Waals surface area contributed by atoms with Crippen LogP contribution < -0.4 is 4.74 Å². The standard InChI is InChI=1S/C15H15NO3/c1-4-7-19-15(17)13(10-16)9-12-5-6-14(18-3)11(2)8-12/h4-6,8-9H,1,7H2,2-3H3/b13-9+. The van der Waals surface area contributed by atoms with Gasteiger partial charge in [0.25, 0.3) is 0 Å². The van der Waals surface area contributed by atoms with Crippen molar-refractivity contribution in [3.63, 3.8) is 0 Å². The highest BCUT2D eigenvalue weighted by atomic mass is 16.5. The molecule has 0 fully saturated rings. The minimum Gasteiger partial charge on any atom is -0.496 e. The number of carbonyl (C=O) groups is 1. The molecule has 19 heavy (non-hydrogen) atoms. The van der Waals surface area contributed by atoms with Crippen molar-refractivity contribution in [3.05, 3.63) is 47.6 Å². The van der Waals surface area contributed by atoms with Gasteiger partial charge in [-0.3, -0.25) is 0 Å². The Morgan fingerprint density at radius 3 is 2.79 bits per heavy atom. The maximum absolute atomic E-state index is 11.6. The molecular weight excluding hydrogens is 242 g/mol. The molecule has 0 bridgehead atoms. The van der Waals surface area contributed by atoms with Gasteiger partial charge in [0.15, 0.2) is 0 Å². The number of ether oxygens (including phenoxy) is 2. The second kappa shape index (κ2) is 7.02. The van der Waals surface area contributed by atoms with Crippen LogP contribution in [-0.4, -0.2) is 19.7 Å². The molecule has 0 radical (unpaired) electrons. The van der Waals surface area contributed by atoms with Gasteiger partial charge in [-0.15, -0.1) is 0 Å². The average Bonchev–Trinajstić information content (AvgIpc) is 2.42. The van der Waals surface area contributed by atoms with Crippen LogP contribution in [0.2, 0.25) is 0 Å². The Balaban J connectivity index is 2.98. The first-order chi connectivity index (χ1) is 9.12. The van der Waals surface area contributed by atoms with Gasteiger partial charge in [-0.1, -0.05) is 18.7 Å². The van der Waals surface area contributed by atoms with Gasteiger partial charge in [-0.05, 0) is 36.3 Å². The zero-order valence-electron chi connectivity index (χ0n) is 11.0. The maximum atomic E-state index is 11.6. The number of methoxy groups -OCH3 is 1. The average molecular weight is 257 g/mol. The number of nitriles is 1. The summed E-state index contributed by atoms with van der Waals surface area (Å²) in [6, 6.07) is 7.21. The van der Waals surface area contributed by atoms with Crippen molar-refractivity contribution >= 4 is 12.0 Å². The SMILES string of the molecule is C=CCOC(=O)/C(C#N)=C/c1ccc(OC)c(C)c1. The van der Waals surface area contributed by atoms with Crippen LogP contribution >= 0.6 is 0 Å². The van der Waals surface area contributed by atoms with Crippen molar-refractivity contribution < 1.29 is 14.3 Å². The molecule has 0 heterocycles. The smallest absolute Gasteiger partial charge is 0.349 e. The molecule has 0 aromatic heterocycles. The van der Waals surface area contributed by atoms with Gasteiger partial charge in [0.05, 0.1) is 7.11 Å². The number of carbonyl (C=O) groups excluding carboxylic acids is 1. The fourth-order valence-electron chi connectivity index (χ4n) is 1.51. The summed E-state index contributed by atoms with van der Waals surface area (Å²) >= 11 is 0. The summed E-state index contributed by atoms with van der Waals surface area (Å²) in [6.45, 7) is 5.41. The Labute approximate surface area is 112 Å². The van der Waals surface area contributed by atoms with Gasteiger partial charge in [0.1, 0.15) is 24.0 Å². The molecule has 98 valence electrons. The van der Waals surface area contributed by atoms with E-state index in [1.165, 1.54) is 12.2 Å². The highest BCUT2D eigenvalue weighted by Gasteiger charge is 2.10. The number of esters is 1. The molecule has 4 nitrogen and oxygen atoms in total. The van der Waals surface area contributed by atoms with E-state index in [9.17, 15) is 4.79 Å². The number of nitrogens with zero attached hydrogens (tertiary/aromatic N) is 1. The summed E-state index contributed by atoms with van der Waals surface area (Å²) in [7, 11) is 1.59. The molecule has 0 amide bonds. The van der Waals surface area contributed by atoms with E-state index >= 15 is 0 Å². The molecule has 1 aromatic carbocycles. The van der Waals surface area contributed by atoms with E-state index in [1.807, 2.05) is 19.1 Å². The predicted octanol–water partition coefficient (Wildman–Crippen LogP) is 2.64. The van der Waals surface area contributed by atoms with Gasteiger partial charge >= 0.3 is 5.97 Å². The Morgan fingerprint density at radius 1 is 1.53 bits per heavy atom. The molecule has 0 aliphatic heterocycles. The van der Waals surface area contributed by atoms with Crippen LogP contribution in [0, 0.1) is 18.3 Å². The van der Waals surface area contributed by atoms with Gasteiger partial charge < -0.3 is 9.47 Å². The van der Waals surface area contributed by atoms with E-state index in [2.05, 4.69) is 6.58 Å². The molecule has 0 aliphatic carbocycles. The van der Waals surface area contributed by atoms with E-state index in [0.29, 0.717) is 0 Å². The second-order valence-corrected chi connectivity index (χ2v) is 3.79. The first kappa shape index (κ1) is 14.5. The number of rotatable bonds is 5. The second-order valence-electron chi connectivity index (χ2n) is 3.79. The van der Waals surface area contributed by atoms with E-state index < -0.39 is 5.97 Å². The quantitative estimate of drug-likeness (QED) is 0.352. The molecule has 1 rings (SSSR count). The van der Waals surface area contributed by atoms with Crippen LogP contribution in [0.1, 0.15) is 11.1 Å². The third-order valence-electron chi connectivity index (χ3n) is 2.40. The van der Waals surface area contributed by atoms with Crippen LogP contribution in [-0.2, 0) is 9.53 Å². The lowest BCUT2D eigenvalue weighted by atomic mass is 10.1. The Morgan fingerprint density at radius 2 is 2.26 bits per heavy atom. The molecule has 4 heteroatoms. The molecule has 0 N–H and O–H groups in total. The van der Waals surface area contributed by atoms with Crippen LogP contribution in [0.3, 0.4) is 0 Å².